The van der Waals surface area contributed by atoms with Crippen molar-refractivity contribution in [2.24, 2.45) is 0 Å². The van der Waals surface area contributed by atoms with Crippen molar-refractivity contribution in [2.45, 2.75) is 31.7 Å². The van der Waals surface area contributed by atoms with Crippen molar-refractivity contribution in [2.75, 3.05) is 0 Å². The van der Waals surface area contributed by atoms with Crippen molar-refractivity contribution in [3.05, 3.63) is 29.3 Å². The number of nitrogens with zero attached hydrogens (tertiary/aromatic N) is 1. The minimum absolute atomic E-state index is 0.0737. The molecule has 6 nitrogen and oxygen atoms in total. The van der Waals surface area contributed by atoms with Crippen LogP contribution in [0.4, 0.5) is 0 Å². The van der Waals surface area contributed by atoms with Gasteiger partial charge < -0.3 is 20.4 Å². The zero-order valence-electron chi connectivity index (χ0n) is 10.2. The van der Waals surface area contributed by atoms with Gasteiger partial charge in [-0.1, -0.05) is 6.07 Å². The van der Waals surface area contributed by atoms with Crippen LogP contribution in [-0.4, -0.2) is 39.2 Å². The summed E-state index contributed by atoms with van der Waals surface area (Å²) in [5.74, 6) is -0.522. The molecule has 2 unspecified atom stereocenters. The molecule has 2 amide bonds. The van der Waals surface area contributed by atoms with Crippen LogP contribution in [0.3, 0.4) is 0 Å². The van der Waals surface area contributed by atoms with E-state index in [1.165, 1.54) is 11.0 Å². The fourth-order valence-electron chi connectivity index (χ4n) is 2.67. The lowest BCUT2D eigenvalue weighted by Gasteiger charge is -2.32. The van der Waals surface area contributed by atoms with E-state index in [0.717, 1.165) is 0 Å². The summed E-state index contributed by atoms with van der Waals surface area (Å²) in [5.41, 5.74) is 1.00. The number of carbonyl (C=O) groups is 2. The number of amides is 2. The Morgan fingerprint density at radius 3 is 2.74 bits per heavy atom. The number of aromatic hydroxyl groups is 1. The maximum Gasteiger partial charge on any atom is 0.255 e. The van der Waals surface area contributed by atoms with Gasteiger partial charge >= 0.3 is 0 Å². The van der Waals surface area contributed by atoms with E-state index in [9.17, 15) is 19.8 Å². The van der Waals surface area contributed by atoms with Crippen LogP contribution in [0.5, 0.6) is 5.75 Å². The highest BCUT2D eigenvalue weighted by molar-refractivity contribution is 6.01. The highest BCUT2D eigenvalue weighted by Crippen LogP contribution is 2.32. The lowest BCUT2D eigenvalue weighted by Crippen LogP contribution is -2.54. The molecule has 0 radical (unpaired) electrons. The second kappa shape index (κ2) is 4.24. The van der Waals surface area contributed by atoms with Gasteiger partial charge in [0.25, 0.3) is 5.91 Å². The van der Waals surface area contributed by atoms with Crippen molar-refractivity contribution in [1.82, 2.24) is 10.2 Å². The number of phenols is 1. The third-order valence-corrected chi connectivity index (χ3v) is 3.67. The minimum Gasteiger partial charge on any atom is -0.508 e. The molecule has 3 N–H and O–H groups in total. The molecule has 1 aromatic carbocycles. The molecule has 0 aromatic heterocycles. The summed E-state index contributed by atoms with van der Waals surface area (Å²) in [5, 5.41) is 21.5. The maximum atomic E-state index is 12.2. The van der Waals surface area contributed by atoms with E-state index in [4.69, 9.17) is 0 Å². The average molecular weight is 262 g/mol. The first-order valence-corrected chi connectivity index (χ1v) is 6.18. The van der Waals surface area contributed by atoms with Crippen LogP contribution < -0.4 is 5.32 Å². The van der Waals surface area contributed by atoms with E-state index < -0.39 is 12.3 Å². The van der Waals surface area contributed by atoms with Gasteiger partial charge in [0.15, 0.2) is 0 Å². The molecule has 19 heavy (non-hydrogen) atoms. The number of benzene rings is 1. The largest absolute Gasteiger partial charge is 0.508 e. The molecule has 0 aliphatic carbocycles. The highest BCUT2D eigenvalue weighted by atomic mass is 16.3. The summed E-state index contributed by atoms with van der Waals surface area (Å²) < 4.78 is 0. The predicted molar refractivity (Wildman–Crippen MR) is 65.2 cm³/mol. The Morgan fingerprint density at radius 2 is 2.05 bits per heavy atom. The maximum absolute atomic E-state index is 12.2. The fourth-order valence-corrected chi connectivity index (χ4v) is 2.67. The van der Waals surface area contributed by atoms with Gasteiger partial charge in [0, 0.05) is 11.1 Å². The summed E-state index contributed by atoms with van der Waals surface area (Å²) in [7, 11) is 0. The molecule has 1 aromatic rings. The molecule has 100 valence electrons. The van der Waals surface area contributed by atoms with Crippen LogP contribution in [0.1, 0.15) is 28.8 Å². The number of carbonyl (C=O) groups excluding carboxylic acids is 2. The Bertz CT molecular complexity index is 558. The van der Waals surface area contributed by atoms with Crippen LogP contribution in [0.25, 0.3) is 0 Å². The Labute approximate surface area is 109 Å². The molecule has 6 heteroatoms. The molecule has 2 aliphatic heterocycles. The van der Waals surface area contributed by atoms with E-state index in [1.54, 1.807) is 12.1 Å². The standard InChI is InChI=1S/C13H14N2O4/c16-10-3-1-2-7-8(10)6-15(13(7)19)9-4-5-11(17)14-12(9)18/h1-3,9,11,16-17H,4-6H2,(H,14,18). The second-order valence-corrected chi connectivity index (χ2v) is 4.85. The molecule has 2 heterocycles. The first kappa shape index (κ1) is 12.0. The Morgan fingerprint density at radius 1 is 1.26 bits per heavy atom. The fraction of sp³-hybridized carbons (Fsp3) is 0.385. The van der Waals surface area contributed by atoms with Gasteiger partial charge in [-0.15, -0.1) is 0 Å². The van der Waals surface area contributed by atoms with Gasteiger partial charge in [-0.05, 0) is 25.0 Å². The number of fused-ring (bicyclic) bond motifs is 1. The third-order valence-electron chi connectivity index (χ3n) is 3.67. The molecule has 1 fully saturated rings. The smallest absolute Gasteiger partial charge is 0.255 e. The molecule has 2 aliphatic rings. The predicted octanol–water partition coefficient (Wildman–Crippen LogP) is -0.0550. The van der Waals surface area contributed by atoms with E-state index in [1.807, 2.05) is 0 Å². The Balaban J connectivity index is 1.88. The summed E-state index contributed by atoms with van der Waals surface area (Å²) in [6.45, 7) is 0.231. The topological polar surface area (TPSA) is 89.9 Å². The molecular formula is C13H14N2O4. The van der Waals surface area contributed by atoms with Gasteiger partial charge in [0.2, 0.25) is 5.91 Å². The summed E-state index contributed by atoms with van der Waals surface area (Å²) in [6, 6.07) is 4.20. The monoisotopic (exact) mass is 262 g/mol. The van der Waals surface area contributed by atoms with Crippen LogP contribution in [0.2, 0.25) is 0 Å². The van der Waals surface area contributed by atoms with Gasteiger partial charge in [-0.2, -0.15) is 0 Å². The van der Waals surface area contributed by atoms with Crippen molar-refractivity contribution in [3.63, 3.8) is 0 Å². The number of hydrogen-bond acceptors (Lipinski definition) is 4. The number of aliphatic hydroxyl groups is 1. The van der Waals surface area contributed by atoms with Crippen molar-refractivity contribution >= 4 is 11.8 Å². The average Bonchev–Trinajstić information content (AvgIpc) is 2.69. The molecule has 2 atom stereocenters. The van der Waals surface area contributed by atoms with Crippen molar-refractivity contribution < 1.29 is 19.8 Å². The van der Waals surface area contributed by atoms with Gasteiger partial charge in [-0.3, -0.25) is 9.59 Å². The molecule has 0 saturated carbocycles. The van der Waals surface area contributed by atoms with E-state index in [0.29, 0.717) is 24.0 Å². The number of aliphatic hydroxyl groups excluding tert-OH is 1. The van der Waals surface area contributed by atoms with E-state index in [2.05, 4.69) is 5.32 Å². The van der Waals surface area contributed by atoms with E-state index >= 15 is 0 Å². The Kier molecular flexibility index (Phi) is 2.67. The third kappa shape index (κ3) is 1.84. The molecule has 0 spiro atoms. The number of rotatable bonds is 1. The number of nitrogens with one attached hydrogen (secondary N) is 1. The van der Waals surface area contributed by atoms with Gasteiger partial charge in [0.05, 0.1) is 6.54 Å². The number of hydrogen-bond donors (Lipinski definition) is 3. The van der Waals surface area contributed by atoms with Crippen LogP contribution in [0, 0.1) is 0 Å². The highest BCUT2D eigenvalue weighted by Gasteiger charge is 2.39. The Hall–Kier alpha value is -2.08. The lowest BCUT2D eigenvalue weighted by molar-refractivity contribution is -0.132. The quantitative estimate of drug-likeness (QED) is 0.661. The van der Waals surface area contributed by atoms with Crippen LogP contribution >= 0.6 is 0 Å². The number of piperidine rings is 1. The molecule has 0 bridgehead atoms. The molecule has 1 saturated heterocycles. The summed E-state index contributed by atoms with van der Waals surface area (Å²) in [4.78, 5) is 25.5. The van der Waals surface area contributed by atoms with E-state index in [-0.39, 0.29) is 24.1 Å². The van der Waals surface area contributed by atoms with Crippen LogP contribution in [-0.2, 0) is 11.3 Å². The zero-order valence-corrected chi connectivity index (χ0v) is 10.2. The normalized spacial score (nSPS) is 26.3. The number of phenolic OH excluding ortho intramolecular Hbond substituents is 1. The second-order valence-electron chi connectivity index (χ2n) is 4.85. The van der Waals surface area contributed by atoms with Crippen molar-refractivity contribution in [1.29, 1.82) is 0 Å². The summed E-state index contributed by atoms with van der Waals surface area (Å²) >= 11 is 0. The molecular weight excluding hydrogens is 248 g/mol. The van der Waals surface area contributed by atoms with Crippen LogP contribution in [0.15, 0.2) is 18.2 Å². The van der Waals surface area contributed by atoms with Crippen molar-refractivity contribution in [3.8, 4) is 5.75 Å². The SMILES string of the molecule is O=C1NC(O)CCC1N1Cc2c(O)cccc2C1=O. The first-order valence-electron chi connectivity index (χ1n) is 6.18. The van der Waals surface area contributed by atoms with Gasteiger partial charge in [-0.25, -0.2) is 0 Å². The van der Waals surface area contributed by atoms with Gasteiger partial charge in [0.1, 0.15) is 18.0 Å². The summed E-state index contributed by atoms with van der Waals surface area (Å²) in [6.07, 6.45) is 0.00736. The zero-order chi connectivity index (χ0) is 13.6. The minimum atomic E-state index is -0.836. The molecule has 3 rings (SSSR count). The lowest BCUT2D eigenvalue weighted by atomic mass is 10.0. The first-order chi connectivity index (χ1) is 9.08.